The maximum atomic E-state index is 13.0. The number of carbonyl (C=O) groups is 1. The number of carbonyl (C=O) groups excluding carboxylic acids is 1. The Hall–Kier alpha value is -2.60. The van der Waals surface area contributed by atoms with Crippen LogP contribution < -0.4 is 10.4 Å². The Labute approximate surface area is 223 Å². The van der Waals surface area contributed by atoms with Crippen molar-refractivity contribution in [1.29, 1.82) is 0 Å². The quantitative estimate of drug-likeness (QED) is 0.107. The van der Waals surface area contributed by atoms with E-state index >= 15 is 0 Å². The highest BCUT2D eigenvalue weighted by atomic mass is 16.5. The molecule has 206 valence electrons. The van der Waals surface area contributed by atoms with E-state index in [4.69, 9.17) is 9.15 Å². The van der Waals surface area contributed by atoms with Crippen LogP contribution in [-0.4, -0.2) is 62.2 Å². The Kier molecular flexibility index (Phi) is 12.9. The maximum Gasteiger partial charge on any atom is 0.336 e. The summed E-state index contributed by atoms with van der Waals surface area (Å²) in [6.07, 6.45) is 10.2. The molecule has 2 rings (SSSR count). The fraction of sp³-hybridized carbons (Fsp3) is 0.613. The molecule has 6 nitrogen and oxygen atoms in total. The van der Waals surface area contributed by atoms with Crippen LogP contribution in [0.2, 0.25) is 0 Å². The van der Waals surface area contributed by atoms with Crippen molar-refractivity contribution in [3.8, 4) is 5.75 Å². The summed E-state index contributed by atoms with van der Waals surface area (Å²) in [5.41, 5.74) is 2.39. The summed E-state index contributed by atoms with van der Waals surface area (Å²) in [4.78, 5) is 26.9. The van der Waals surface area contributed by atoms with Crippen LogP contribution in [0.1, 0.15) is 78.2 Å². The number of hydrogen-bond acceptors (Lipinski definition) is 4. The van der Waals surface area contributed by atoms with E-state index in [2.05, 4.69) is 52.8 Å². The molecular formula is C31H49N2O4+. The minimum absolute atomic E-state index is 0.280. The first-order valence-electron chi connectivity index (χ1n) is 14.1. The Balaban J connectivity index is 1.87. The third kappa shape index (κ3) is 10.7. The number of likely N-dealkylation sites (N-methyl/N-ethyl adjacent to an activating group) is 1. The van der Waals surface area contributed by atoms with E-state index in [1.807, 2.05) is 12.1 Å². The number of hydrogen-bond donors (Lipinski definition) is 0. The minimum atomic E-state index is -0.346. The van der Waals surface area contributed by atoms with Crippen molar-refractivity contribution in [2.45, 2.75) is 79.1 Å². The van der Waals surface area contributed by atoms with Crippen LogP contribution in [0.3, 0.4) is 0 Å². The minimum Gasteiger partial charge on any atom is -0.493 e. The summed E-state index contributed by atoms with van der Waals surface area (Å²) in [5.74, 6) is 1.06. The summed E-state index contributed by atoms with van der Waals surface area (Å²) in [7, 11) is 4.31. The molecule has 0 bridgehead atoms. The van der Waals surface area contributed by atoms with Gasteiger partial charge in [-0.15, -0.1) is 0 Å². The smallest absolute Gasteiger partial charge is 0.336 e. The first-order chi connectivity index (χ1) is 17.7. The van der Waals surface area contributed by atoms with Gasteiger partial charge >= 0.3 is 5.63 Å². The van der Waals surface area contributed by atoms with Gasteiger partial charge < -0.3 is 18.5 Å². The molecule has 1 amide bonds. The largest absolute Gasteiger partial charge is 0.493 e. The fourth-order valence-corrected chi connectivity index (χ4v) is 4.41. The van der Waals surface area contributed by atoms with Crippen LogP contribution in [-0.2, 0) is 11.2 Å². The zero-order chi connectivity index (χ0) is 27.3. The summed E-state index contributed by atoms with van der Waals surface area (Å²) in [5, 5.41) is 0.904. The third-order valence-corrected chi connectivity index (χ3v) is 6.71. The van der Waals surface area contributed by atoms with Gasteiger partial charge in [-0.3, -0.25) is 4.79 Å². The average Bonchev–Trinajstić information content (AvgIpc) is 2.84. The molecule has 0 aliphatic carbocycles. The van der Waals surface area contributed by atoms with Gasteiger partial charge in [-0.2, -0.15) is 0 Å². The van der Waals surface area contributed by atoms with Gasteiger partial charge in [-0.1, -0.05) is 38.3 Å². The van der Waals surface area contributed by atoms with Crippen LogP contribution in [0, 0.1) is 0 Å². The molecule has 0 saturated carbocycles. The van der Waals surface area contributed by atoms with Gasteiger partial charge in [0.2, 0.25) is 0 Å². The molecule has 1 heterocycles. The molecule has 0 atom stereocenters. The van der Waals surface area contributed by atoms with Crippen LogP contribution in [0.5, 0.6) is 5.75 Å². The first kappa shape index (κ1) is 30.6. The Morgan fingerprint density at radius 2 is 1.65 bits per heavy atom. The van der Waals surface area contributed by atoms with Gasteiger partial charge in [0.1, 0.15) is 11.3 Å². The van der Waals surface area contributed by atoms with Crippen LogP contribution >= 0.6 is 0 Å². The summed E-state index contributed by atoms with van der Waals surface area (Å²) in [6, 6.07) is 7.18. The highest BCUT2D eigenvalue weighted by molar-refractivity contribution is 5.82. The van der Waals surface area contributed by atoms with Gasteiger partial charge in [-0.25, -0.2) is 4.79 Å². The van der Waals surface area contributed by atoms with E-state index in [9.17, 15) is 9.59 Å². The predicted molar refractivity (Wildman–Crippen MR) is 153 cm³/mol. The standard InChI is InChI=1S/C31H49N2O4/c1-7-9-20-32(21-10-8-2)29(34)24-33(5,6)22-12-11-13-23-36-28-18-15-26-16-19-30(35)37-31(26)27(28)17-14-25(3)4/h14-16,18-19H,7-13,17,20-24H2,1-6H3/q+1. The van der Waals surface area contributed by atoms with Crippen molar-refractivity contribution in [1.82, 2.24) is 4.90 Å². The van der Waals surface area contributed by atoms with Crippen LogP contribution in [0.4, 0.5) is 0 Å². The lowest BCUT2D eigenvalue weighted by Gasteiger charge is -2.32. The molecule has 1 aromatic carbocycles. The second kappa shape index (κ2) is 15.6. The van der Waals surface area contributed by atoms with E-state index in [-0.39, 0.29) is 11.5 Å². The highest BCUT2D eigenvalue weighted by Crippen LogP contribution is 2.28. The van der Waals surface area contributed by atoms with E-state index in [1.165, 1.54) is 11.6 Å². The van der Waals surface area contributed by atoms with E-state index in [1.54, 1.807) is 6.07 Å². The lowest BCUT2D eigenvalue weighted by molar-refractivity contribution is -0.883. The Bertz CT molecular complexity index is 1060. The normalized spacial score (nSPS) is 11.5. The number of nitrogens with zero attached hydrogens (tertiary/aromatic N) is 2. The number of ether oxygens (including phenoxy) is 1. The summed E-state index contributed by atoms with van der Waals surface area (Å²) < 4.78 is 12.4. The topological polar surface area (TPSA) is 59.8 Å². The van der Waals surface area contributed by atoms with Gasteiger partial charge in [0.25, 0.3) is 5.91 Å². The molecule has 0 unspecified atom stereocenters. The third-order valence-electron chi connectivity index (χ3n) is 6.71. The number of fused-ring (bicyclic) bond motifs is 1. The fourth-order valence-electron chi connectivity index (χ4n) is 4.41. The second-order valence-electron chi connectivity index (χ2n) is 11.0. The van der Waals surface area contributed by atoms with Crippen molar-refractivity contribution in [3.05, 3.63) is 51.9 Å². The molecule has 0 radical (unpaired) electrons. The lowest BCUT2D eigenvalue weighted by atomic mass is 10.1. The second-order valence-corrected chi connectivity index (χ2v) is 11.0. The molecule has 0 aliphatic heterocycles. The van der Waals surface area contributed by atoms with Crippen molar-refractivity contribution in [2.24, 2.45) is 0 Å². The molecule has 0 fully saturated rings. The van der Waals surface area contributed by atoms with Gasteiger partial charge in [-0.05, 0) is 70.6 Å². The molecule has 0 saturated heterocycles. The number of quaternary nitrogens is 1. The number of unbranched alkanes of at least 4 members (excludes halogenated alkanes) is 4. The number of amides is 1. The predicted octanol–water partition coefficient (Wildman–Crippen LogP) is 6.36. The van der Waals surface area contributed by atoms with Crippen molar-refractivity contribution >= 4 is 16.9 Å². The monoisotopic (exact) mass is 513 g/mol. The Morgan fingerprint density at radius 3 is 2.30 bits per heavy atom. The van der Waals surface area contributed by atoms with E-state index in [0.29, 0.717) is 29.6 Å². The molecule has 0 spiro atoms. The van der Waals surface area contributed by atoms with Crippen molar-refractivity contribution in [2.75, 3.05) is 46.9 Å². The highest BCUT2D eigenvalue weighted by Gasteiger charge is 2.23. The summed E-state index contributed by atoms with van der Waals surface area (Å²) >= 11 is 0. The number of rotatable bonds is 17. The molecule has 0 N–H and O–H groups in total. The number of allylic oxidation sites excluding steroid dienone is 2. The van der Waals surface area contributed by atoms with Crippen molar-refractivity contribution < 1.29 is 18.4 Å². The van der Waals surface area contributed by atoms with Crippen LogP contribution in [0.25, 0.3) is 11.0 Å². The zero-order valence-corrected chi connectivity index (χ0v) is 24.1. The van der Waals surface area contributed by atoms with Gasteiger partial charge in [0, 0.05) is 30.1 Å². The van der Waals surface area contributed by atoms with Crippen molar-refractivity contribution in [3.63, 3.8) is 0 Å². The van der Waals surface area contributed by atoms with E-state index in [0.717, 1.165) is 81.3 Å². The zero-order valence-electron chi connectivity index (χ0n) is 24.1. The van der Waals surface area contributed by atoms with E-state index < -0.39 is 0 Å². The summed E-state index contributed by atoms with van der Waals surface area (Å²) in [6.45, 7) is 12.3. The molecule has 2 aromatic rings. The van der Waals surface area contributed by atoms with Gasteiger partial charge in [0.15, 0.2) is 6.54 Å². The van der Waals surface area contributed by atoms with Gasteiger partial charge in [0.05, 0.1) is 27.2 Å². The molecule has 1 aromatic heterocycles. The molecule has 37 heavy (non-hydrogen) atoms. The lowest BCUT2D eigenvalue weighted by Crippen LogP contribution is -2.49. The SMILES string of the molecule is CCCCN(CCCC)C(=O)C[N+](C)(C)CCCCCOc1ccc2ccc(=O)oc2c1CC=C(C)C. The van der Waals surface area contributed by atoms with Crippen LogP contribution in [0.15, 0.2) is 45.1 Å². The number of benzene rings is 1. The molecule has 0 aliphatic rings. The molecule has 6 heteroatoms. The molecular weight excluding hydrogens is 464 g/mol. The maximum absolute atomic E-state index is 13.0. The average molecular weight is 514 g/mol. The Morgan fingerprint density at radius 1 is 0.973 bits per heavy atom. The first-order valence-corrected chi connectivity index (χ1v) is 14.1.